The Hall–Kier alpha value is -1.29. The molecule has 68 valence electrons. The van der Waals surface area contributed by atoms with E-state index in [2.05, 4.69) is 12.6 Å². The number of carboxylic acid groups (broad SMARTS) is 1. The van der Waals surface area contributed by atoms with Gasteiger partial charge in [0.25, 0.3) is 0 Å². The molecule has 0 atom stereocenters. The van der Waals surface area contributed by atoms with Gasteiger partial charge in [-0.15, -0.1) is 12.6 Å². The number of carbonyl (C=O) groups is 2. The van der Waals surface area contributed by atoms with E-state index in [-0.39, 0.29) is 11.1 Å². The summed E-state index contributed by atoms with van der Waals surface area (Å²) in [5, 5.41) is 8.22. The molecule has 1 aromatic carbocycles. The van der Waals surface area contributed by atoms with Crippen LogP contribution in [-0.2, 0) is 0 Å². The molecule has 0 fully saturated rings. The number of rotatable bonds is 2. The molecular weight excluding hydrogens is 188 g/mol. The van der Waals surface area contributed by atoms with E-state index in [1.165, 1.54) is 12.1 Å². The number of thiol groups is 1. The largest absolute Gasteiger partial charge is 0.478 e. The molecule has 0 unspecified atom stereocenters. The summed E-state index contributed by atoms with van der Waals surface area (Å²) in [6.45, 7) is 1.76. The van der Waals surface area contributed by atoms with Crippen molar-refractivity contribution in [3.8, 4) is 0 Å². The number of aromatic carboxylic acids is 1. The summed E-state index contributed by atoms with van der Waals surface area (Å²) in [7, 11) is 0. The Morgan fingerprint density at radius 2 is 1.92 bits per heavy atom. The molecule has 0 aromatic heterocycles. The zero-order valence-electron chi connectivity index (χ0n) is 6.94. The number of hydrogen-bond acceptors (Lipinski definition) is 2. The topological polar surface area (TPSA) is 54.4 Å². The summed E-state index contributed by atoms with van der Waals surface area (Å²) in [5.74, 6) is -1.11. The molecule has 0 aliphatic rings. The Bertz CT molecular complexity index is 371. The number of benzene rings is 1. The summed E-state index contributed by atoms with van der Waals surface area (Å²) < 4.78 is 0. The molecule has 0 saturated heterocycles. The summed E-state index contributed by atoms with van der Waals surface area (Å²) in [6.07, 6.45) is 0. The van der Waals surface area contributed by atoms with Gasteiger partial charge in [-0.1, -0.05) is 11.6 Å². The lowest BCUT2D eigenvalue weighted by Gasteiger charge is -2.02. The van der Waals surface area contributed by atoms with E-state index in [4.69, 9.17) is 5.11 Å². The summed E-state index contributed by atoms with van der Waals surface area (Å²) in [5.41, 5.74) is 0.928. The van der Waals surface area contributed by atoms with Crippen LogP contribution in [0.5, 0.6) is 0 Å². The predicted molar refractivity (Wildman–Crippen MR) is 51.5 cm³/mol. The van der Waals surface area contributed by atoms with Gasteiger partial charge in [-0.05, 0) is 19.1 Å². The van der Waals surface area contributed by atoms with Crippen molar-refractivity contribution >= 4 is 23.7 Å². The summed E-state index contributed by atoms with van der Waals surface area (Å²) in [4.78, 5) is 21.6. The van der Waals surface area contributed by atoms with Crippen molar-refractivity contribution in [2.24, 2.45) is 0 Å². The number of carboxylic acids is 1. The van der Waals surface area contributed by atoms with Crippen molar-refractivity contribution in [1.29, 1.82) is 0 Å². The van der Waals surface area contributed by atoms with E-state index < -0.39 is 11.1 Å². The van der Waals surface area contributed by atoms with Crippen LogP contribution >= 0.6 is 12.6 Å². The number of hydrogen-bond donors (Lipinski definition) is 2. The Labute approximate surface area is 80.8 Å². The highest BCUT2D eigenvalue weighted by atomic mass is 32.1. The maximum Gasteiger partial charge on any atom is 0.336 e. The molecule has 4 heteroatoms. The van der Waals surface area contributed by atoms with Crippen LogP contribution in [-0.4, -0.2) is 16.2 Å². The third-order valence-electron chi connectivity index (χ3n) is 1.64. The zero-order valence-corrected chi connectivity index (χ0v) is 7.84. The highest BCUT2D eigenvalue weighted by Crippen LogP contribution is 2.13. The van der Waals surface area contributed by atoms with Gasteiger partial charge in [-0.25, -0.2) is 4.79 Å². The average Bonchev–Trinajstić information content (AvgIpc) is 2.03. The molecule has 1 aromatic rings. The molecule has 0 spiro atoms. The molecule has 0 aliphatic carbocycles. The van der Waals surface area contributed by atoms with Crippen LogP contribution in [0, 0.1) is 6.92 Å². The van der Waals surface area contributed by atoms with Crippen molar-refractivity contribution in [3.63, 3.8) is 0 Å². The summed E-state index contributed by atoms with van der Waals surface area (Å²) >= 11 is 3.58. The standard InChI is InChI=1S/C9H8O3S/c1-5-2-3-6(9(12)13)7(4-5)8(10)11/h2-4H,1H3,(H,10,11)(H,12,13). The second-order valence-corrected chi connectivity index (χ2v) is 3.07. The zero-order chi connectivity index (χ0) is 10.0. The molecule has 3 nitrogen and oxygen atoms in total. The van der Waals surface area contributed by atoms with Crippen LogP contribution in [0.3, 0.4) is 0 Å². The molecular formula is C9H8O3S. The fraction of sp³-hybridized carbons (Fsp3) is 0.111. The van der Waals surface area contributed by atoms with Gasteiger partial charge >= 0.3 is 5.97 Å². The second kappa shape index (κ2) is 3.62. The normalized spacial score (nSPS) is 9.69. The van der Waals surface area contributed by atoms with Crippen LogP contribution < -0.4 is 0 Å². The van der Waals surface area contributed by atoms with Gasteiger partial charge in [0, 0.05) is 5.56 Å². The second-order valence-electron chi connectivity index (χ2n) is 2.66. The fourth-order valence-corrected chi connectivity index (χ4v) is 1.22. The van der Waals surface area contributed by atoms with E-state index in [0.717, 1.165) is 5.56 Å². The SMILES string of the molecule is Cc1ccc(C(=O)S)c(C(=O)O)c1. The van der Waals surface area contributed by atoms with Gasteiger partial charge < -0.3 is 5.11 Å². The molecule has 1 rings (SSSR count). The molecule has 0 amide bonds. The predicted octanol–water partition coefficient (Wildman–Crippen LogP) is 1.76. The Balaban J connectivity index is 3.35. The third kappa shape index (κ3) is 2.09. The number of carbonyl (C=O) groups excluding carboxylic acids is 1. The van der Waals surface area contributed by atoms with Gasteiger partial charge in [-0.3, -0.25) is 4.79 Å². The highest BCUT2D eigenvalue weighted by Gasteiger charge is 2.13. The monoisotopic (exact) mass is 196 g/mol. The lowest BCUT2D eigenvalue weighted by Crippen LogP contribution is -2.05. The van der Waals surface area contributed by atoms with Gasteiger partial charge in [-0.2, -0.15) is 0 Å². The highest BCUT2D eigenvalue weighted by molar-refractivity contribution is 7.97. The molecule has 0 saturated carbocycles. The smallest absolute Gasteiger partial charge is 0.336 e. The lowest BCUT2D eigenvalue weighted by molar-refractivity contribution is 0.0693. The third-order valence-corrected chi connectivity index (χ3v) is 1.88. The average molecular weight is 196 g/mol. The Morgan fingerprint density at radius 3 is 2.38 bits per heavy atom. The van der Waals surface area contributed by atoms with Gasteiger partial charge in [0.1, 0.15) is 0 Å². The molecule has 0 aliphatic heterocycles. The minimum atomic E-state index is -1.11. The molecule has 1 N–H and O–H groups in total. The lowest BCUT2D eigenvalue weighted by atomic mass is 10.1. The van der Waals surface area contributed by atoms with Crippen LogP contribution in [0.15, 0.2) is 18.2 Å². The van der Waals surface area contributed by atoms with Gasteiger partial charge in [0.15, 0.2) is 0 Å². The van der Waals surface area contributed by atoms with Crippen LogP contribution in [0.1, 0.15) is 26.3 Å². The van der Waals surface area contributed by atoms with Crippen molar-refractivity contribution in [1.82, 2.24) is 0 Å². The first-order valence-corrected chi connectivity index (χ1v) is 4.04. The van der Waals surface area contributed by atoms with Gasteiger partial charge in [0.2, 0.25) is 5.12 Å². The van der Waals surface area contributed by atoms with Crippen LogP contribution in [0.25, 0.3) is 0 Å². The van der Waals surface area contributed by atoms with Crippen molar-refractivity contribution in [3.05, 3.63) is 34.9 Å². The first-order valence-electron chi connectivity index (χ1n) is 3.59. The van der Waals surface area contributed by atoms with Gasteiger partial charge in [0.05, 0.1) is 5.56 Å². The molecule has 0 radical (unpaired) electrons. The summed E-state index contributed by atoms with van der Waals surface area (Å²) in [6, 6.07) is 4.59. The Kier molecular flexibility index (Phi) is 2.72. The maximum atomic E-state index is 10.9. The van der Waals surface area contributed by atoms with Crippen molar-refractivity contribution in [2.45, 2.75) is 6.92 Å². The Morgan fingerprint density at radius 1 is 1.31 bits per heavy atom. The maximum absolute atomic E-state index is 10.9. The van der Waals surface area contributed by atoms with E-state index in [0.29, 0.717) is 0 Å². The minimum Gasteiger partial charge on any atom is -0.478 e. The van der Waals surface area contributed by atoms with Crippen LogP contribution in [0.4, 0.5) is 0 Å². The van der Waals surface area contributed by atoms with Crippen LogP contribution in [0.2, 0.25) is 0 Å². The van der Waals surface area contributed by atoms with E-state index in [1.807, 2.05) is 0 Å². The van der Waals surface area contributed by atoms with Crippen molar-refractivity contribution < 1.29 is 14.7 Å². The van der Waals surface area contributed by atoms with E-state index in [9.17, 15) is 9.59 Å². The molecule has 0 bridgehead atoms. The molecule has 0 heterocycles. The van der Waals surface area contributed by atoms with E-state index >= 15 is 0 Å². The molecule has 13 heavy (non-hydrogen) atoms. The minimum absolute atomic E-state index is 0.000000000000000444. The first kappa shape index (κ1) is 9.80. The fourth-order valence-electron chi connectivity index (χ4n) is 1.02. The quantitative estimate of drug-likeness (QED) is 0.709. The first-order chi connectivity index (χ1) is 6.02. The number of aryl methyl sites for hydroxylation is 1. The van der Waals surface area contributed by atoms with E-state index in [1.54, 1.807) is 13.0 Å². The van der Waals surface area contributed by atoms with Crippen molar-refractivity contribution in [2.75, 3.05) is 0 Å².